The van der Waals surface area contributed by atoms with Crippen LogP contribution in [0.5, 0.6) is 0 Å². The van der Waals surface area contributed by atoms with E-state index < -0.39 is 0 Å². The Labute approximate surface area is 185 Å². The van der Waals surface area contributed by atoms with Gasteiger partial charge in [-0.2, -0.15) is 5.10 Å². The Kier molecular flexibility index (Phi) is 5.22. The second-order valence-electron chi connectivity index (χ2n) is 8.44. The molecule has 1 aliphatic rings. The lowest BCUT2D eigenvalue weighted by molar-refractivity contribution is -0.135. The van der Waals surface area contributed by atoms with E-state index in [0.29, 0.717) is 12.8 Å². The van der Waals surface area contributed by atoms with Crippen LogP contribution in [0.3, 0.4) is 0 Å². The first kappa shape index (κ1) is 20.1. The third kappa shape index (κ3) is 3.71. The monoisotopic (exact) mass is 433 g/mol. The highest BCUT2D eigenvalue weighted by Gasteiger charge is 2.30. The van der Waals surface area contributed by atoms with E-state index in [-0.39, 0.29) is 11.9 Å². The minimum Gasteiger partial charge on any atom is -0.333 e. The van der Waals surface area contributed by atoms with Crippen LogP contribution in [0.1, 0.15) is 59.4 Å². The molecule has 0 saturated carbocycles. The van der Waals surface area contributed by atoms with Gasteiger partial charge in [0.1, 0.15) is 5.01 Å². The van der Waals surface area contributed by atoms with Crippen LogP contribution >= 0.6 is 11.3 Å². The zero-order chi connectivity index (χ0) is 21.5. The predicted molar refractivity (Wildman–Crippen MR) is 123 cm³/mol. The maximum absolute atomic E-state index is 13.3. The van der Waals surface area contributed by atoms with Gasteiger partial charge in [-0.05, 0) is 64.2 Å². The Morgan fingerprint density at radius 2 is 2.00 bits per heavy atom. The largest absolute Gasteiger partial charge is 0.333 e. The van der Waals surface area contributed by atoms with Gasteiger partial charge in [-0.3, -0.25) is 4.79 Å². The van der Waals surface area contributed by atoms with Gasteiger partial charge in [0, 0.05) is 30.4 Å². The van der Waals surface area contributed by atoms with Crippen LogP contribution in [0, 0.1) is 20.8 Å². The van der Waals surface area contributed by atoms with Crippen molar-refractivity contribution in [3.05, 3.63) is 58.0 Å². The number of aryl methyl sites for hydroxylation is 3. The van der Waals surface area contributed by atoms with Crippen LogP contribution in [0.25, 0.3) is 15.9 Å². The zero-order valence-electron chi connectivity index (χ0n) is 18.3. The molecule has 1 aliphatic heterocycles. The number of aromatic nitrogens is 4. The maximum atomic E-state index is 13.3. The third-order valence-electron chi connectivity index (χ3n) is 6.29. The zero-order valence-corrected chi connectivity index (χ0v) is 19.1. The molecular weight excluding hydrogens is 406 g/mol. The van der Waals surface area contributed by atoms with Gasteiger partial charge in [0.25, 0.3) is 0 Å². The van der Waals surface area contributed by atoms with E-state index in [2.05, 4.69) is 29.1 Å². The highest BCUT2D eigenvalue weighted by atomic mass is 32.1. The Hall–Kier alpha value is -2.80. The summed E-state index contributed by atoms with van der Waals surface area (Å²) in [5.41, 5.74) is 6.03. The van der Waals surface area contributed by atoms with Crippen molar-refractivity contribution in [1.29, 1.82) is 0 Å². The maximum Gasteiger partial charge on any atom is 0.223 e. The number of piperidine rings is 1. The highest BCUT2D eigenvalue weighted by molar-refractivity contribution is 7.18. The molecule has 1 saturated heterocycles. The molecule has 5 rings (SSSR count). The number of para-hydroxylation sites is 1. The number of hydrogen-bond donors (Lipinski definition) is 0. The lowest BCUT2D eigenvalue weighted by atomic mass is 10.0. The summed E-state index contributed by atoms with van der Waals surface area (Å²) in [5.74, 6) is 0.208. The van der Waals surface area contributed by atoms with Gasteiger partial charge in [0.2, 0.25) is 5.91 Å². The molecule has 31 heavy (non-hydrogen) atoms. The molecule has 1 aromatic carbocycles. The van der Waals surface area contributed by atoms with E-state index in [9.17, 15) is 4.79 Å². The minimum atomic E-state index is 0.0928. The van der Waals surface area contributed by atoms with E-state index in [4.69, 9.17) is 9.97 Å². The summed E-state index contributed by atoms with van der Waals surface area (Å²) in [4.78, 5) is 24.9. The number of amides is 1. The van der Waals surface area contributed by atoms with Gasteiger partial charge in [0.05, 0.1) is 22.0 Å². The molecule has 160 valence electrons. The quantitative estimate of drug-likeness (QED) is 0.457. The molecule has 0 bridgehead atoms. The van der Waals surface area contributed by atoms with Gasteiger partial charge in [0.15, 0.2) is 5.65 Å². The Balaban J connectivity index is 1.37. The summed E-state index contributed by atoms with van der Waals surface area (Å²) >= 11 is 1.72. The first-order chi connectivity index (χ1) is 15.0. The SMILES string of the molecule is Cc1cc2nc(C)c(CCC(=O)N3CCCCC3c3nc4ccccc4s3)c(C)n2n1. The molecule has 0 aliphatic carbocycles. The van der Waals surface area contributed by atoms with Crippen molar-refractivity contribution in [2.75, 3.05) is 6.54 Å². The molecule has 4 heterocycles. The van der Waals surface area contributed by atoms with Crippen molar-refractivity contribution >= 4 is 33.1 Å². The topological polar surface area (TPSA) is 63.4 Å². The van der Waals surface area contributed by atoms with Crippen LogP contribution in [0.2, 0.25) is 0 Å². The molecule has 0 N–H and O–H groups in total. The van der Waals surface area contributed by atoms with Gasteiger partial charge < -0.3 is 4.90 Å². The third-order valence-corrected chi connectivity index (χ3v) is 7.43. The van der Waals surface area contributed by atoms with Crippen LogP contribution in [-0.4, -0.2) is 36.9 Å². The summed E-state index contributed by atoms with van der Waals surface area (Å²) in [7, 11) is 0. The second-order valence-corrected chi connectivity index (χ2v) is 9.50. The molecule has 6 nitrogen and oxygen atoms in total. The summed E-state index contributed by atoms with van der Waals surface area (Å²) in [5, 5.41) is 5.62. The Morgan fingerprint density at radius 1 is 1.16 bits per heavy atom. The summed E-state index contributed by atoms with van der Waals surface area (Å²) in [6.45, 7) is 6.89. The summed E-state index contributed by atoms with van der Waals surface area (Å²) in [6, 6.07) is 10.3. The van der Waals surface area contributed by atoms with Crippen molar-refractivity contribution < 1.29 is 4.79 Å². The van der Waals surface area contributed by atoms with Crippen molar-refractivity contribution in [3.8, 4) is 0 Å². The fourth-order valence-electron chi connectivity index (χ4n) is 4.70. The summed E-state index contributed by atoms with van der Waals surface area (Å²) in [6.07, 6.45) is 4.36. The number of rotatable bonds is 4. The van der Waals surface area contributed by atoms with E-state index >= 15 is 0 Å². The van der Waals surface area contributed by atoms with Crippen LogP contribution in [0.15, 0.2) is 30.3 Å². The lowest BCUT2D eigenvalue weighted by Crippen LogP contribution is -2.38. The predicted octanol–water partition coefficient (Wildman–Crippen LogP) is 4.95. The normalized spacial score (nSPS) is 17.0. The van der Waals surface area contributed by atoms with Gasteiger partial charge in [-0.1, -0.05) is 12.1 Å². The standard InChI is InChI=1S/C24H27N5OS/c1-15-14-22-25-16(2)18(17(3)29(22)27-15)11-12-23(30)28-13-7-6-9-20(28)24-26-19-8-4-5-10-21(19)31-24/h4-5,8,10,14,20H,6-7,9,11-13H2,1-3H3. The first-order valence-corrected chi connectivity index (χ1v) is 11.8. The fraction of sp³-hybridized carbons (Fsp3) is 0.417. The highest BCUT2D eigenvalue weighted by Crippen LogP contribution is 2.36. The first-order valence-electron chi connectivity index (χ1n) is 11.0. The molecule has 1 unspecified atom stereocenters. The van der Waals surface area contributed by atoms with Crippen molar-refractivity contribution in [2.45, 2.75) is 58.9 Å². The van der Waals surface area contributed by atoms with Crippen LogP contribution in [-0.2, 0) is 11.2 Å². The molecule has 0 radical (unpaired) electrons. The van der Waals surface area contributed by atoms with Crippen LogP contribution < -0.4 is 0 Å². The van der Waals surface area contributed by atoms with E-state index in [1.807, 2.05) is 36.6 Å². The number of nitrogens with zero attached hydrogens (tertiary/aromatic N) is 5. The smallest absolute Gasteiger partial charge is 0.223 e. The summed E-state index contributed by atoms with van der Waals surface area (Å²) < 4.78 is 3.09. The number of thiazole rings is 1. The van der Waals surface area contributed by atoms with Crippen LogP contribution in [0.4, 0.5) is 0 Å². The van der Waals surface area contributed by atoms with E-state index in [1.54, 1.807) is 11.3 Å². The average Bonchev–Trinajstić information content (AvgIpc) is 3.36. The van der Waals surface area contributed by atoms with Gasteiger partial charge in [-0.25, -0.2) is 14.5 Å². The van der Waals surface area contributed by atoms with Gasteiger partial charge in [-0.15, -0.1) is 11.3 Å². The van der Waals surface area contributed by atoms with Crippen molar-refractivity contribution in [2.24, 2.45) is 0 Å². The molecule has 3 aromatic heterocycles. The molecule has 7 heteroatoms. The second kappa shape index (κ2) is 8.04. The molecule has 1 fully saturated rings. The number of benzene rings is 1. The number of carbonyl (C=O) groups excluding carboxylic acids is 1. The molecule has 4 aromatic rings. The average molecular weight is 434 g/mol. The lowest BCUT2D eigenvalue weighted by Gasteiger charge is -2.34. The number of carbonyl (C=O) groups is 1. The van der Waals surface area contributed by atoms with Crippen molar-refractivity contribution in [1.82, 2.24) is 24.5 Å². The fourth-order valence-corrected chi connectivity index (χ4v) is 5.81. The van der Waals surface area contributed by atoms with Crippen molar-refractivity contribution in [3.63, 3.8) is 0 Å². The number of hydrogen-bond acceptors (Lipinski definition) is 5. The molecule has 0 spiro atoms. The molecule has 1 atom stereocenters. The molecule has 1 amide bonds. The Morgan fingerprint density at radius 3 is 2.84 bits per heavy atom. The van der Waals surface area contributed by atoms with E-state index in [0.717, 1.165) is 64.6 Å². The van der Waals surface area contributed by atoms with E-state index in [1.165, 1.54) is 4.70 Å². The molecular formula is C24H27N5OS. The van der Waals surface area contributed by atoms with Gasteiger partial charge >= 0.3 is 0 Å². The minimum absolute atomic E-state index is 0.0928. The number of likely N-dealkylation sites (tertiary alicyclic amines) is 1. The number of fused-ring (bicyclic) bond motifs is 2. The Bertz CT molecular complexity index is 1240.